The van der Waals surface area contributed by atoms with E-state index in [4.69, 9.17) is 14.2 Å². The summed E-state index contributed by atoms with van der Waals surface area (Å²) in [6.07, 6.45) is 5.73. The summed E-state index contributed by atoms with van der Waals surface area (Å²) in [6.45, 7) is 1.73. The number of hydrogen-bond donors (Lipinski definition) is 0. The van der Waals surface area contributed by atoms with Gasteiger partial charge in [0.15, 0.2) is 11.5 Å². The fraction of sp³-hybridized carbons (Fsp3) is 0.412. The first-order valence-electron chi connectivity index (χ1n) is 8.45. The molecule has 8 nitrogen and oxygen atoms in total. The SMILES string of the molecule is O=S(=O)(c1ccc2c(c1)OCCCO2)N1CC[C@H](Oc2cnccn2)C1. The van der Waals surface area contributed by atoms with Crippen molar-refractivity contribution in [3.8, 4) is 17.4 Å². The zero-order valence-electron chi connectivity index (χ0n) is 14.1. The van der Waals surface area contributed by atoms with E-state index < -0.39 is 10.0 Å². The molecule has 0 spiro atoms. The van der Waals surface area contributed by atoms with E-state index in [9.17, 15) is 8.42 Å². The zero-order valence-corrected chi connectivity index (χ0v) is 14.9. The fourth-order valence-electron chi connectivity index (χ4n) is 2.98. The molecule has 4 rings (SSSR count). The molecular weight excluding hydrogens is 358 g/mol. The van der Waals surface area contributed by atoms with Crippen LogP contribution in [0.1, 0.15) is 12.8 Å². The number of hydrogen-bond acceptors (Lipinski definition) is 7. The van der Waals surface area contributed by atoms with Gasteiger partial charge in [-0.1, -0.05) is 0 Å². The maximum Gasteiger partial charge on any atom is 0.243 e. The standard InChI is InChI=1S/C17H19N3O5S/c21-26(22,14-2-3-15-16(10-14)24-9-1-8-23-15)20-7-4-13(12-20)25-17-11-18-5-6-19-17/h2-3,5-6,10-11,13H,1,4,7-9,12H2/t13-/m0/s1. The van der Waals surface area contributed by atoms with Crippen LogP contribution in [-0.2, 0) is 10.0 Å². The number of fused-ring (bicyclic) bond motifs is 1. The van der Waals surface area contributed by atoms with Gasteiger partial charge in [-0.15, -0.1) is 0 Å². The van der Waals surface area contributed by atoms with Gasteiger partial charge < -0.3 is 14.2 Å². The lowest BCUT2D eigenvalue weighted by Crippen LogP contribution is -2.31. The molecule has 9 heteroatoms. The van der Waals surface area contributed by atoms with Gasteiger partial charge in [0.25, 0.3) is 0 Å². The summed E-state index contributed by atoms with van der Waals surface area (Å²) in [5.74, 6) is 1.44. The molecule has 138 valence electrons. The minimum Gasteiger partial charge on any atom is -0.490 e. The Bertz CT molecular complexity index is 875. The average Bonchev–Trinajstić information content (AvgIpc) is 2.99. The molecule has 26 heavy (non-hydrogen) atoms. The van der Waals surface area contributed by atoms with E-state index in [1.54, 1.807) is 18.3 Å². The van der Waals surface area contributed by atoms with Crippen LogP contribution in [0.25, 0.3) is 0 Å². The highest BCUT2D eigenvalue weighted by atomic mass is 32.2. The van der Waals surface area contributed by atoms with E-state index >= 15 is 0 Å². The van der Waals surface area contributed by atoms with Gasteiger partial charge in [-0.2, -0.15) is 4.31 Å². The van der Waals surface area contributed by atoms with Crippen molar-refractivity contribution >= 4 is 10.0 Å². The lowest BCUT2D eigenvalue weighted by Gasteiger charge is -2.18. The lowest BCUT2D eigenvalue weighted by molar-refractivity contribution is 0.206. The number of aromatic nitrogens is 2. The summed E-state index contributed by atoms with van der Waals surface area (Å²) < 4.78 is 44.2. The molecule has 0 bridgehead atoms. The van der Waals surface area contributed by atoms with Crippen molar-refractivity contribution < 1.29 is 22.6 Å². The van der Waals surface area contributed by atoms with E-state index in [0.717, 1.165) is 6.42 Å². The molecule has 0 unspecified atom stereocenters. The Labute approximate surface area is 151 Å². The van der Waals surface area contributed by atoms with Gasteiger partial charge in [0.05, 0.1) is 30.9 Å². The topological polar surface area (TPSA) is 90.9 Å². The van der Waals surface area contributed by atoms with Gasteiger partial charge in [0.1, 0.15) is 6.10 Å². The van der Waals surface area contributed by atoms with Crippen LogP contribution in [0.4, 0.5) is 0 Å². The lowest BCUT2D eigenvalue weighted by atomic mass is 10.3. The first kappa shape index (κ1) is 17.0. The third kappa shape index (κ3) is 3.45. The number of ether oxygens (including phenoxy) is 3. The Kier molecular flexibility index (Phi) is 4.64. The van der Waals surface area contributed by atoms with E-state index in [1.165, 1.54) is 22.8 Å². The highest BCUT2D eigenvalue weighted by Crippen LogP contribution is 2.33. The Morgan fingerprint density at radius 3 is 2.81 bits per heavy atom. The highest BCUT2D eigenvalue weighted by Gasteiger charge is 2.34. The molecule has 0 saturated carbocycles. The van der Waals surface area contributed by atoms with Crippen LogP contribution in [0, 0.1) is 0 Å². The average molecular weight is 377 g/mol. The Balaban J connectivity index is 1.49. The number of benzene rings is 1. The molecule has 0 aliphatic carbocycles. The minimum atomic E-state index is -3.63. The molecule has 1 aromatic carbocycles. The minimum absolute atomic E-state index is 0.196. The van der Waals surface area contributed by atoms with Crippen LogP contribution in [0.3, 0.4) is 0 Å². The maximum atomic E-state index is 13.0. The summed E-state index contributed by atoms with van der Waals surface area (Å²) in [7, 11) is -3.63. The van der Waals surface area contributed by atoms with E-state index in [0.29, 0.717) is 43.6 Å². The Morgan fingerprint density at radius 1 is 1.15 bits per heavy atom. The van der Waals surface area contributed by atoms with E-state index in [2.05, 4.69) is 9.97 Å². The molecule has 1 aromatic heterocycles. The fourth-order valence-corrected chi connectivity index (χ4v) is 4.48. The Morgan fingerprint density at radius 2 is 2.00 bits per heavy atom. The normalized spacial score (nSPS) is 20.5. The van der Waals surface area contributed by atoms with Gasteiger partial charge >= 0.3 is 0 Å². The molecular formula is C17H19N3O5S. The van der Waals surface area contributed by atoms with E-state index in [-0.39, 0.29) is 17.5 Å². The second-order valence-corrected chi connectivity index (χ2v) is 8.03. The molecule has 2 aliphatic heterocycles. The maximum absolute atomic E-state index is 13.0. The molecule has 1 saturated heterocycles. The van der Waals surface area contributed by atoms with Crippen LogP contribution in [0.15, 0.2) is 41.7 Å². The summed E-state index contributed by atoms with van der Waals surface area (Å²) in [6, 6.07) is 4.74. The van der Waals surface area contributed by atoms with Gasteiger partial charge in [-0.25, -0.2) is 13.4 Å². The van der Waals surface area contributed by atoms with Crippen molar-refractivity contribution in [2.45, 2.75) is 23.8 Å². The molecule has 1 fully saturated rings. The number of sulfonamides is 1. The van der Waals surface area contributed by atoms with Crippen molar-refractivity contribution in [3.63, 3.8) is 0 Å². The monoisotopic (exact) mass is 377 g/mol. The first-order valence-corrected chi connectivity index (χ1v) is 9.89. The number of rotatable bonds is 4. The van der Waals surface area contributed by atoms with Crippen molar-refractivity contribution in [2.24, 2.45) is 0 Å². The van der Waals surface area contributed by atoms with Gasteiger partial charge in [-0.05, 0) is 18.6 Å². The predicted molar refractivity (Wildman–Crippen MR) is 91.9 cm³/mol. The smallest absolute Gasteiger partial charge is 0.243 e. The summed E-state index contributed by atoms with van der Waals surface area (Å²) in [4.78, 5) is 8.20. The second-order valence-electron chi connectivity index (χ2n) is 6.09. The number of nitrogens with zero attached hydrogens (tertiary/aromatic N) is 3. The van der Waals surface area contributed by atoms with Gasteiger partial charge in [-0.3, -0.25) is 4.98 Å². The van der Waals surface area contributed by atoms with Crippen molar-refractivity contribution in [2.75, 3.05) is 26.3 Å². The van der Waals surface area contributed by atoms with Gasteiger partial charge in [0, 0.05) is 31.4 Å². The van der Waals surface area contributed by atoms with Gasteiger partial charge in [0.2, 0.25) is 15.9 Å². The van der Waals surface area contributed by atoms with Crippen molar-refractivity contribution in [3.05, 3.63) is 36.8 Å². The van der Waals surface area contributed by atoms with Crippen LogP contribution < -0.4 is 14.2 Å². The molecule has 2 aromatic rings. The third-order valence-electron chi connectivity index (χ3n) is 4.29. The summed E-state index contributed by atoms with van der Waals surface area (Å²) in [5.41, 5.74) is 0. The first-order chi connectivity index (χ1) is 12.6. The van der Waals surface area contributed by atoms with E-state index in [1.807, 2.05) is 0 Å². The van der Waals surface area contributed by atoms with Crippen LogP contribution >= 0.6 is 0 Å². The zero-order chi connectivity index (χ0) is 18.0. The van der Waals surface area contributed by atoms with Crippen molar-refractivity contribution in [1.29, 1.82) is 0 Å². The summed E-state index contributed by atoms with van der Waals surface area (Å²) in [5, 5.41) is 0. The molecule has 0 amide bonds. The Hall–Kier alpha value is -2.39. The van der Waals surface area contributed by atoms with Crippen LogP contribution in [-0.4, -0.2) is 55.1 Å². The third-order valence-corrected chi connectivity index (χ3v) is 6.15. The van der Waals surface area contributed by atoms with Crippen LogP contribution in [0.2, 0.25) is 0 Å². The largest absolute Gasteiger partial charge is 0.490 e. The van der Waals surface area contributed by atoms with Crippen LogP contribution in [0.5, 0.6) is 17.4 Å². The molecule has 2 aliphatic rings. The molecule has 3 heterocycles. The second kappa shape index (κ2) is 7.08. The predicted octanol–water partition coefficient (Wildman–Crippen LogP) is 1.48. The van der Waals surface area contributed by atoms with Crippen molar-refractivity contribution in [1.82, 2.24) is 14.3 Å². The quantitative estimate of drug-likeness (QED) is 0.797. The summed E-state index contributed by atoms with van der Waals surface area (Å²) >= 11 is 0. The molecule has 0 N–H and O–H groups in total. The molecule has 0 radical (unpaired) electrons. The molecule has 1 atom stereocenters. The highest BCUT2D eigenvalue weighted by molar-refractivity contribution is 7.89.